The maximum Gasteiger partial charge on any atom is 0.0847 e. The first-order valence-electron chi connectivity index (χ1n) is 4.79. The van der Waals surface area contributed by atoms with Gasteiger partial charge < -0.3 is 16.2 Å². The van der Waals surface area contributed by atoms with Gasteiger partial charge in [-0.1, -0.05) is 0 Å². The number of rotatable bonds is 1. The molecule has 1 aliphatic carbocycles. The van der Waals surface area contributed by atoms with E-state index in [1.54, 1.807) is 0 Å². The Morgan fingerprint density at radius 2 is 1.92 bits per heavy atom. The van der Waals surface area contributed by atoms with Gasteiger partial charge in [-0.3, -0.25) is 0 Å². The van der Waals surface area contributed by atoms with Gasteiger partial charge in [0, 0.05) is 18.7 Å². The van der Waals surface area contributed by atoms with Crippen molar-refractivity contribution in [1.29, 1.82) is 0 Å². The summed E-state index contributed by atoms with van der Waals surface area (Å²) >= 11 is 0. The Kier molecular flexibility index (Phi) is 1.90. The summed E-state index contributed by atoms with van der Waals surface area (Å²) in [6, 6.07) is 0.156. The molecular formula is C9H18N2O. The van der Waals surface area contributed by atoms with Crippen LogP contribution < -0.4 is 11.5 Å². The van der Waals surface area contributed by atoms with E-state index >= 15 is 0 Å². The van der Waals surface area contributed by atoms with Crippen molar-refractivity contribution >= 4 is 0 Å². The lowest BCUT2D eigenvalue weighted by atomic mass is 9.83. The van der Waals surface area contributed by atoms with Crippen LogP contribution in [-0.4, -0.2) is 24.3 Å². The molecular weight excluding hydrogens is 152 g/mol. The third-order valence-electron chi connectivity index (χ3n) is 3.38. The van der Waals surface area contributed by atoms with Crippen LogP contribution in [0.1, 0.15) is 26.2 Å². The Morgan fingerprint density at radius 1 is 1.25 bits per heavy atom. The second-order valence-electron chi connectivity index (χ2n) is 4.28. The molecule has 0 aromatic rings. The zero-order valence-electron chi connectivity index (χ0n) is 7.62. The quantitative estimate of drug-likeness (QED) is 0.592. The summed E-state index contributed by atoms with van der Waals surface area (Å²) in [7, 11) is 0. The standard InChI is InChI=1S/C9H18N2O/c1-9(6-2-3-6)8(11)7(10)4-5-12-9/h6-8H,2-5,10-11H2,1H3. The Labute approximate surface area is 73.4 Å². The topological polar surface area (TPSA) is 61.3 Å². The summed E-state index contributed by atoms with van der Waals surface area (Å²) in [5.74, 6) is 0.666. The lowest BCUT2D eigenvalue weighted by Crippen LogP contribution is -2.62. The Balaban J connectivity index is 2.11. The minimum Gasteiger partial charge on any atom is -0.373 e. The summed E-state index contributed by atoms with van der Waals surface area (Å²) in [4.78, 5) is 0. The van der Waals surface area contributed by atoms with E-state index in [1.165, 1.54) is 12.8 Å². The fourth-order valence-corrected chi connectivity index (χ4v) is 2.16. The molecule has 2 aliphatic rings. The largest absolute Gasteiger partial charge is 0.373 e. The third kappa shape index (κ3) is 1.16. The van der Waals surface area contributed by atoms with Gasteiger partial charge in [0.15, 0.2) is 0 Å². The molecule has 2 rings (SSSR count). The summed E-state index contributed by atoms with van der Waals surface area (Å²) in [5, 5.41) is 0. The van der Waals surface area contributed by atoms with Crippen molar-refractivity contribution in [2.24, 2.45) is 17.4 Å². The van der Waals surface area contributed by atoms with Crippen LogP contribution in [0.5, 0.6) is 0 Å². The Bertz CT molecular complexity index is 181. The van der Waals surface area contributed by atoms with E-state index in [1.807, 2.05) is 0 Å². The SMILES string of the molecule is CC1(C2CC2)OCCC(N)C1N. The fourth-order valence-electron chi connectivity index (χ4n) is 2.16. The van der Waals surface area contributed by atoms with Gasteiger partial charge in [0.1, 0.15) is 0 Å². The zero-order valence-corrected chi connectivity index (χ0v) is 7.62. The highest BCUT2D eigenvalue weighted by Gasteiger charge is 2.50. The molecule has 0 radical (unpaired) electrons. The fraction of sp³-hybridized carbons (Fsp3) is 1.00. The van der Waals surface area contributed by atoms with E-state index in [0.717, 1.165) is 13.0 Å². The minimum atomic E-state index is -0.127. The summed E-state index contributed by atoms with van der Waals surface area (Å²) in [5.41, 5.74) is 11.8. The molecule has 3 unspecified atom stereocenters. The molecule has 1 saturated carbocycles. The Hall–Kier alpha value is -0.120. The van der Waals surface area contributed by atoms with Crippen molar-refractivity contribution in [1.82, 2.24) is 0 Å². The zero-order chi connectivity index (χ0) is 8.77. The maximum absolute atomic E-state index is 6.05. The smallest absolute Gasteiger partial charge is 0.0847 e. The van der Waals surface area contributed by atoms with E-state index in [9.17, 15) is 0 Å². The van der Waals surface area contributed by atoms with Crippen LogP contribution >= 0.6 is 0 Å². The molecule has 1 aliphatic heterocycles. The molecule has 70 valence electrons. The van der Waals surface area contributed by atoms with Gasteiger partial charge in [-0.2, -0.15) is 0 Å². The molecule has 0 bridgehead atoms. The summed E-state index contributed by atoms with van der Waals surface area (Å²) in [6.07, 6.45) is 3.43. The van der Waals surface area contributed by atoms with Crippen molar-refractivity contribution in [3.05, 3.63) is 0 Å². The number of hydrogen-bond donors (Lipinski definition) is 2. The van der Waals surface area contributed by atoms with Gasteiger partial charge in [-0.25, -0.2) is 0 Å². The molecule has 0 spiro atoms. The van der Waals surface area contributed by atoms with Gasteiger partial charge in [-0.05, 0) is 32.1 Å². The van der Waals surface area contributed by atoms with Crippen molar-refractivity contribution < 1.29 is 4.74 Å². The molecule has 2 fully saturated rings. The summed E-state index contributed by atoms with van der Waals surface area (Å²) < 4.78 is 5.77. The normalized spacial score (nSPS) is 49.2. The van der Waals surface area contributed by atoms with Crippen molar-refractivity contribution in [3.63, 3.8) is 0 Å². The monoisotopic (exact) mass is 170 g/mol. The molecule has 1 heterocycles. The van der Waals surface area contributed by atoms with Crippen LogP contribution in [0.4, 0.5) is 0 Å². The molecule has 0 amide bonds. The highest BCUT2D eigenvalue weighted by atomic mass is 16.5. The molecule has 12 heavy (non-hydrogen) atoms. The van der Waals surface area contributed by atoms with Crippen LogP contribution in [0.2, 0.25) is 0 Å². The van der Waals surface area contributed by atoms with E-state index < -0.39 is 0 Å². The van der Waals surface area contributed by atoms with E-state index in [-0.39, 0.29) is 17.7 Å². The predicted molar refractivity (Wildman–Crippen MR) is 47.6 cm³/mol. The highest BCUT2D eigenvalue weighted by Crippen LogP contribution is 2.45. The van der Waals surface area contributed by atoms with Gasteiger partial charge in [-0.15, -0.1) is 0 Å². The average Bonchev–Trinajstić information content (AvgIpc) is 2.82. The maximum atomic E-state index is 6.05. The van der Waals surface area contributed by atoms with Gasteiger partial charge in [0.2, 0.25) is 0 Å². The van der Waals surface area contributed by atoms with Crippen LogP contribution in [0.3, 0.4) is 0 Å². The van der Waals surface area contributed by atoms with E-state index in [4.69, 9.17) is 16.2 Å². The minimum absolute atomic E-state index is 0.0266. The van der Waals surface area contributed by atoms with E-state index in [2.05, 4.69) is 6.92 Å². The molecule has 3 atom stereocenters. The molecule has 0 aromatic heterocycles. The predicted octanol–water partition coefficient (Wildman–Crippen LogP) is 0.230. The Morgan fingerprint density at radius 3 is 2.50 bits per heavy atom. The molecule has 0 aromatic carbocycles. The van der Waals surface area contributed by atoms with E-state index in [0.29, 0.717) is 5.92 Å². The van der Waals surface area contributed by atoms with Crippen LogP contribution in [-0.2, 0) is 4.74 Å². The van der Waals surface area contributed by atoms with Crippen molar-refractivity contribution in [3.8, 4) is 0 Å². The van der Waals surface area contributed by atoms with Gasteiger partial charge >= 0.3 is 0 Å². The van der Waals surface area contributed by atoms with Crippen LogP contribution in [0, 0.1) is 5.92 Å². The first kappa shape index (κ1) is 8.48. The molecule has 4 N–H and O–H groups in total. The summed E-state index contributed by atoms with van der Waals surface area (Å²) in [6.45, 7) is 2.90. The van der Waals surface area contributed by atoms with Crippen LogP contribution in [0.25, 0.3) is 0 Å². The van der Waals surface area contributed by atoms with Gasteiger partial charge in [0.05, 0.1) is 5.60 Å². The second-order valence-corrected chi connectivity index (χ2v) is 4.28. The van der Waals surface area contributed by atoms with Crippen molar-refractivity contribution in [2.75, 3.05) is 6.61 Å². The lowest BCUT2D eigenvalue weighted by molar-refractivity contribution is -0.1000. The highest BCUT2D eigenvalue weighted by molar-refractivity contribution is 5.05. The second kappa shape index (κ2) is 2.69. The first-order chi connectivity index (χ1) is 5.64. The van der Waals surface area contributed by atoms with Crippen LogP contribution in [0.15, 0.2) is 0 Å². The lowest BCUT2D eigenvalue weighted by Gasteiger charge is -2.43. The third-order valence-corrected chi connectivity index (χ3v) is 3.38. The van der Waals surface area contributed by atoms with Gasteiger partial charge in [0.25, 0.3) is 0 Å². The number of nitrogens with two attached hydrogens (primary N) is 2. The molecule has 3 heteroatoms. The average molecular weight is 170 g/mol. The molecule has 1 saturated heterocycles. The molecule has 3 nitrogen and oxygen atoms in total. The van der Waals surface area contributed by atoms with Crippen molar-refractivity contribution in [2.45, 2.75) is 43.9 Å². The number of ether oxygens (including phenoxy) is 1. The first-order valence-corrected chi connectivity index (χ1v) is 4.79. The number of hydrogen-bond acceptors (Lipinski definition) is 3.